The van der Waals surface area contributed by atoms with Crippen LogP contribution in [0, 0.1) is 5.92 Å². The van der Waals surface area contributed by atoms with Gasteiger partial charge in [-0.25, -0.2) is 4.98 Å². The number of nitrogens with two attached hydrogens (primary N) is 1. The topological polar surface area (TPSA) is 85.8 Å². The van der Waals surface area contributed by atoms with Gasteiger partial charge in [-0.15, -0.1) is 0 Å². The molecule has 1 aliphatic rings. The van der Waals surface area contributed by atoms with Crippen molar-refractivity contribution in [3.05, 3.63) is 12.2 Å². The molecule has 3 N–H and O–H groups in total. The number of nitrogens with zero attached hydrogens (tertiary/aromatic N) is 3. The number of carbonyl (C=O) groups excluding carboxylic acids is 1. The number of aromatic nitrogens is 3. The van der Waals surface area contributed by atoms with Crippen LogP contribution in [0.25, 0.3) is 0 Å². The van der Waals surface area contributed by atoms with Crippen LogP contribution in [-0.2, 0) is 18.3 Å². The number of carbonyl (C=O) groups is 1. The number of hydrogen-bond acceptors (Lipinski definition) is 4. The lowest BCUT2D eigenvalue weighted by atomic mass is 9.94. The highest BCUT2D eigenvalue weighted by molar-refractivity contribution is 5.79. The number of rotatable bonds is 4. The quantitative estimate of drug-likeness (QED) is 0.771. The maximum Gasteiger partial charge on any atom is 0.224 e. The van der Waals surface area contributed by atoms with Crippen molar-refractivity contribution in [2.45, 2.75) is 44.6 Å². The molecule has 0 radical (unpaired) electrons. The molecule has 0 aromatic carbocycles. The predicted octanol–water partition coefficient (Wildman–Crippen LogP) is 0.381. The van der Waals surface area contributed by atoms with Crippen LogP contribution in [0.5, 0.6) is 0 Å². The summed E-state index contributed by atoms with van der Waals surface area (Å²) < 4.78 is 1.67. The molecule has 106 valence electrons. The number of nitrogens with one attached hydrogen (secondary N) is 1. The van der Waals surface area contributed by atoms with E-state index in [2.05, 4.69) is 15.4 Å². The lowest BCUT2D eigenvalue weighted by Gasteiger charge is -2.20. The molecule has 1 saturated carbocycles. The molecule has 1 aromatic heterocycles. The van der Waals surface area contributed by atoms with Gasteiger partial charge in [0.2, 0.25) is 5.91 Å². The highest BCUT2D eigenvalue weighted by Gasteiger charge is 2.26. The van der Waals surface area contributed by atoms with Crippen molar-refractivity contribution in [3.63, 3.8) is 0 Å². The standard InChI is InChI=1S/C13H23N5O/c1-18-9-16-12(17-18)7-8-15-13(19)10-5-3-2-4-6-11(10)14/h9-11H,2-8,14H2,1H3,(H,15,19). The van der Waals surface area contributed by atoms with Gasteiger partial charge in [-0.05, 0) is 12.8 Å². The zero-order chi connectivity index (χ0) is 13.7. The highest BCUT2D eigenvalue weighted by atomic mass is 16.1. The summed E-state index contributed by atoms with van der Waals surface area (Å²) in [5, 5.41) is 7.14. The second-order valence-corrected chi connectivity index (χ2v) is 5.28. The Morgan fingerprint density at radius 2 is 2.26 bits per heavy atom. The Morgan fingerprint density at radius 1 is 1.47 bits per heavy atom. The first-order valence-corrected chi connectivity index (χ1v) is 7.04. The minimum Gasteiger partial charge on any atom is -0.355 e. The average Bonchev–Trinajstić information content (AvgIpc) is 2.67. The second-order valence-electron chi connectivity index (χ2n) is 5.28. The second kappa shape index (κ2) is 6.65. The van der Waals surface area contributed by atoms with Crippen molar-refractivity contribution in [2.75, 3.05) is 6.54 Å². The summed E-state index contributed by atoms with van der Waals surface area (Å²) in [5.74, 6) is 0.817. The van der Waals surface area contributed by atoms with Crippen LogP contribution < -0.4 is 11.1 Å². The van der Waals surface area contributed by atoms with E-state index in [1.165, 1.54) is 6.42 Å². The van der Waals surface area contributed by atoms with Gasteiger partial charge in [0, 0.05) is 26.1 Å². The molecule has 0 bridgehead atoms. The molecule has 1 heterocycles. The van der Waals surface area contributed by atoms with Gasteiger partial charge in [0.05, 0.1) is 5.92 Å². The van der Waals surface area contributed by atoms with E-state index >= 15 is 0 Å². The third kappa shape index (κ3) is 4.02. The Morgan fingerprint density at radius 3 is 3.00 bits per heavy atom. The van der Waals surface area contributed by atoms with Gasteiger partial charge in [-0.1, -0.05) is 19.3 Å². The molecule has 1 aromatic rings. The fraction of sp³-hybridized carbons (Fsp3) is 0.769. The van der Waals surface area contributed by atoms with Crippen LogP contribution in [0.1, 0.15) is 37.9 Å². The molecular weight excluding hydrogens is 242 g/mol. The molecule has 2 atom stereocenters. The maximum atomic E-state index is 12.1. The summed E-state index contributed by atoms with van der Waals surface area (Å²) in [6.07, 6.45) is 7.63. The van der Waals surface area contributed by atoms with Crippen LogP contribution in [0.15, 0.2) is 6.33 Å². The van der Waals surface area contributed by atoms with Crippen molar-refractivity contribution in [1.29, 1.82) is 0 Å². The fourth-order valence-corrected chi connectivity index (χ4v) is 2.59. The Hall–Kier alpha value is -1.43. The van der Waals surface area contributed by atoms with E-state index in [4.69, 9.17) is 5.73 Å². The maximum absolute atomic E-state index is 12.1. The molecule has 6 nitrogen and oxygen atoms in total. The summed E-state index contributed by atoms with van der Waals surface area (Å²) in [5.41, 5.74) is 6.08. The summed E-state index contributed by atoms with van der Waals surface area (Å²) in [4.78, 5) is 16.3. The Balaban J connectivity index is 1.76. The molecule has 1 amide bonds. The average molecular weight is 265 g/mol. The van der Waals surface area contributed by atoms with E-state index in [1.807, 2.05) is 7.05 Å². The summed E-state index contributed by atoms with van der Waals surface area (Å²) in [6.45, 7) is 0.575. The first kappa shape index (κ1) is 14.0. The molecule has 6 heteroatoms. The first-order chi connectivity index (χ1) is 9.16. The van der Waals surface area contributed by atoms with Gasteiger partial charge in [0.15, 0.2) is 5.82 Å². The minimum absolute atomic E-state index is 0.00970. The van der Waals surface area contributed by atoms with Crippen molar-refractivity contribution in [3.8, 4) is 0 Å². The van der Waals surface area contributed by atoms with Crippen LogP contribution in [0.3, 0.4) is 0 Å². The number of amides is 1. The van der Waals surface area contributed by atoms with E-state index < -0.39 is 0 Å². The molecule has 0 saturated heterocycles. The van der Waals surface area contributed by atoms with E-state index in [9.17, 15) is 4.79 Å². The Bertz CT molecular complexity index is 417. The largest absolute Gasteiger partial charge is 0.355 e. The SMILES string of the molecule is Cn1cnc(CCNC(=O)C2CCCCCC2N)n1. The van der Waals surface area contributed by atoms with Crippen molar-refractivity contribution in [1.82, 2.24) is 20.1 Å². The lowest BCUT2D eigenvalue weighted by Crippen LogP contribution is -2.41. The van der Waals surface area contributed by atoms with Gasteiger partial charge in [0.25, 0.3) is 0 Å². The fourth-order valence-electron chi connectivity index (χ4n) is 2.59. The van der Waals surface area contributed by atoms with Gasteiger partial charge in [-0.2, -0.15) is 5.10 Å². The Kier molecular flexibility index (Phi) is 4.90. The zero-order valence-electron chi connectivity index (χ0n) is 11.5. The summed E-state index contributed by atoms with van der Waals surface area (Å²) >= 11 is 0. The normalized spacial score (nSPS) is 23.9. The number of hydrogen-bond donors (Lipinski definition) is 2. The van der Waals surface area contributed by atoms with Gasteiger partial charge < -0.3 is 11.1 Å². The zero-order valence-corrected chi connectivity index (χ0v) is 11.5. The number of aryl methyl sites for hydroxylation is 1. The molecule has 1 aliphatic carbocycles. The molecule has 1 fully saturated rings. The van der Waals surface area contributed by atoms with Crippen LogP contribution in [0.2, 0.25) is 0 Å². The molecule has 2 unspecified atom stereocenters. The van der Waals surface area contributed by atoms with Gasteiger partial charge in [-0.3, -0.25) is 9.48 Å². The van der Waals surface area contributed by atoms with E-state index in [0.717, 1.165) is 31.5 Å². The molecular formula is C13H23N5O. The van der Waals surface area contributed by atoms with Crippen LogP contribution in [0.4, 0.5) is 0 Å². The molecule has 0 spiro atoms. The first-order valence-electron chi connectivity index (χ1n) is 7.04. The predicted molar refractivity (Wildman–Crippen MR) is 72.3 cm³/mol. The summed E-state index contributed by atoms with van der Waals surface area (Å²) in [6, 6.07) is 0.00970. The lowest BCUT2D eigenvalue weighted by molar-refractivity contribution is -0.125. The van der Waals surface area contributed by atoms with Crippen molar-refractivity contribution in [2.24, 2.45) is 18.7 Å². The highest BCUT2D eigenvalue weighted by Crippen LogP contribution is 2.22. The molecule has 19 heavy (non-hydrogen) atoms. The van der Waals surface area contributed by atoms with Gasteiger partial charge in [0.1, 0.15) is 6.33 Å². The smallest absolute Gasteiger partial charge is 0.224 e. The van der Waals surface area contributed by atoms with Crippen LogP contribution in [-0.4, -0.2) is 33.3 Å². The molecule has 2 rings (SSSR count). The summed E-state index contributed by atoms with van der Waals surface area (Å²) in [7, 11) is 1.83. The van der Waals surface area contributed by atoms with E-state index in [-0.39, 0.29) is 17.9 Å². The minimum atomic E-state index is -0.0285. The third-order valence-corrected chi connectivity index (χ3v) is 3.70. The monoisotopic (exact) mass is 265 g/mol. The van der Waals surface area contributed by atoms with E-state index in [1.54, 1.807) is 11.0 Å². The van der Waals surface area contributed by atoms with Crippen molar-refractivity contribution < 1.29 is 4.79 Å². The molecule has 0 aliphatic heterocycles. The van der Waals surface area contributed by atoms with E-state index in [0.29, 0.717) is 13.0 Å². The Labute approximate surface area is 113 Å². The van der Waals surface area contributed by atoms with Crippen molar-refractivity contribution >= 4 is 5.91 Å². The van der Waals surface area contributed by atoms with Gasteiger partial charge >= 0.3 is 0 Å². The van der Waals surface area contributed by atoms with Crippen LogP contribution >= 0.6 is 0 Å². The third-order valence-electron chi connectivity index (χ3n) is 3.70.